The third-order valence-corrected chi connectivity index (χ3v) is 4.54. The van der Waals surface area contributed by atoms with Crippen molar-refractivity contribution in [3.63, 3.8) is 0 Å². The fraction of sp³-hybridized carbons (Fsp3) is 0.368. The molecular weight excluding hydrogens is 302 g/mol. The molecule has 4 rings (SSSR count). The lowest BCUT2D eigenvalue weighted by Gasteiger charge is -2.19. The Labute approximate surface area is 141 Å². The molecule has 0 atom stereocenters. The average Bonchev–Trinajstić information content (AvgIpc) is 3.07. The average molecular weight is 323 g/mol. The number of ether oxygens (including phenoxy) is 1. The molecule has 1 aliphatic heterocycles. The van der Waals surface area contributed by atoms with Gasteiger partial charge in [0.1, 0.15) is 0 Å². The second-order valence-electron chi connectivity index (χ2n) is 6.29. The summed E-state index contributed by atoms with van der Waals surface area (Å²) in [4.78, 5) is 15.5. The summed E-state index contributed by atoms with van der Waals surface area (Å²) in [7, 11) is 1.67. The summed E-state index contributed by atoms with van der Waals surface area (Å²) in [5.74, 6) is 1.43. The van der Waals surface area contributed by atoms with Gasteiger partial charge in [-0.25, -0.2) is 0 Å². The maximum Gasteiger partial charge on any atom is 0.191 e. The lowest BCUT2D eigenvalue weighted by molar-refractivity contribution is -0.0366. The summed E-state index contributed by atoms with van der Waals surface area (Å²) in [6, 6.07) is 8.05. The van der Waals surface area contributed by atoms with Crippen LogP contribution in [0.4, 0.5) is 0 Å². The molecule has 0 unspecified atom stereocenters. The molecule has 2 aromatic heterocycles. The summed E-state index contributed by atoms with van der Waals surface area (Å²) in [6.45, 7) is 5.92. The van der Waals surface area contributed by atoms with E-state index in [9.17, 15) is 0 Å². The first-order chi connectivity index (χ1) is 11.7. The van der Waals surface area contributed by atoms with Gasteiger partial charge in [-0.05, 0) is 44.9 Å². The Morgan fingerprint density at radius 2 is 1.75 bits per heavy atom. The molecule has 124 valence electrons. The van der Waals surface area contributed by atoms with Gasteiger partial charge in [0, 0.05) is 41.3 Å². The fourth-order valence-corrected chi connectivity index (χ4v) is 3.28. The van der Waals surface area contributed by atoms with E-state index in [1.54, 1.807) is 7.11 Å². The molecule has 0 amide bonds. The number of pyridine rings is 2. The van der Waals surface area contributed by atoms with Gasteiger partial charge in [0.05, 0.1) is 18.1 Å². The molecular formula is C19H21N3O2. The second kappa shape index (κ2) is 5.91. The molecule has 1 aliphatic rings. The van der Waals surface area contributed by atoms with Crippen molar-refractivity contribution in [1.29, 1.82) is 0 Å². The summed E-state index contributed by atoms with van der Waals surface area (Å²) >= 11 is 0. The summed E-state index contributed by atoms with van der Waals surface area (Å²) < 4.78 is 5.57. The van der Waals surface area contributed by atoms with Gasteiger partial charge in [-0.3, -0.25) is 9.97 Å². The fourth-order valence-electron chi connectivity index (χ4n) is 3.28. The van der Waals surface area contributed by atoms with E-state index in [1.165, 1.54) is 12.8 Å². The third kappa shape index (κ3) is 2.55. The zero-order valence-electron chi connectivity index (χ0n) is 14.3. The molecule has 0 bridgehead atoms. The van der Waals surface area contributed by atoms with Crippen molar-refractivity contribution >= 4 is 21.8 Å². The van der Waals surface area contributed by atoms with Crippen LogP contribution in [0.2, 0.25) is 0 Å². The van der Waals surface area contributed by atoms with Gasteiger partial charge in [-0.1, -0.05) is 0 Å². The van der Waals surface area contributed by atoms with Gasteiger partial charge in [0.15, 0.2) is 11.5 Å². The van der Waals surface area contributed by atoms with Crippen molar-refractivity contribution in [1.82, 2.24) is 15.0 Å². The predicted molar refractivity (Wildman–Crippen MR) is 94.5 cm³/mol. The number of hydrogen-bond donors (Lipinski definition) is 0. The van der Waals surface area contributed by atoms with E-state index in [4.69, 9.17) is 19.5 Å². The van der Waals surface area contributed by atoms with Gasteiger partial charge in [-0.2, -0.15) is 0 Å². The highest BCUT2D eigenvalue weighted by atomic mass is 16.7. The van der Waals surface area contributed by atoms with Crippen molar-refractivity contribution < 1.29 is 9.57 Å². The number of fused-ring (bicyclic) bond motifs is 3. The number of benzene rings is 1. The Hall–Kier alpha value is -2.40. The van der Waals surface area contributed by atoms with Crippen LogP contribution in [0.1, 0.15) is 24.2 Å². The first-order valence-electron chi connectivity index (χ1n) is 8.34. The largest absolute Gasteiger partial charge is 0.493 e. The Kier molecular flexibility index (Phi) is 3.73. The molecule has 3 aromatic rings. The third-order valence-electron chi connectivity index (χ3n) is 4.54. The van der Waals surface area contributed by atoms with E-state index < -0.39 is 0 Å². The Morgan fingerprint density at radius 3 is 2.50 bits per heavy atom. The quantitative estimate of drug-likeness (QED) is 0.686. The lowest BCUT2D eigenvalue weighted by Crippen LogP contribution is -2.23. The van der Waals surface area contributed by atoms with E-state index in [-0.39, 0.29) is 0 Å². The van der Waals surface area contributed by atoms with E-state index in [0.717, 1.165) is 46.3 Å². The maximum atomic E-state index is 6.03. The summed E-state index contributed by atoms with van der Waals surface area (Å²) in [6.07, 6.45) is 2.34. The first-order valence-corrected chi connectivity index (χ1v) is 8.34. The number of hydrogen-bond acceptors (Lipinski definition) is 5. The van der Waals surface area contributed by atoms with E-state index in [2.05, 4.69) is 6.07 Å². The summed E-state index contributed by atoms with van der Waals surface area (Å²) in [5.41, 5.74) is 3.81. The van der Waals surface area contributed by atoms with Crippen LogP contribution in [0, 0.1) is 13.8 Å². The van der Waals surface area contributed by atoms with Gasteiger partial charge < -0.3 is 9.57 Å². The normalized spacial score (nSPS) is 15.3. The Bertz CT molecular complexity index is 918. The highest BCUT2D eigenvalue weighted by Crippen LogP contribution is 2.36. The van der Waals surface area contributed by atoms with Crippen LogP contribution in [0.5, 0.6) is 11.5 Å². The zero-order chi connectivity index (χ0) is 16.7. The molecule has 0 radical (unpaired) electrons. The Morgan fingerprint density at radius 1 is 0.958 bits per heavy atom. The van der Waals surface area contributed by atoms with Crippen LogP contribution < -0.4 is 9.57 Å². The highest BCUT2D eigenvalue weighted by molar-refractivity contribution is 6.05. The molecule has 0 aliphatic carbocycles. The molecule has 1 aromatic carbocycles. The van der Waals surface area contributed by atoms with Crippen molar-refractivity contribution in [2.75, 3.05) is 20.2 Å². The molecule has 0 N–H and O–H groups in total. The monoisotopic (exact) mass is 323 g/mol. The molecule has 5 heteroatoms. The minimum Gasteiger partial charge on any atom is -0.493 e. The van der Waals surface area contributed by atoms with Gasteiger partial charge in [0.25, 0.3) is 0 Å². The van der Waals surface area contributed by atoms with Gasteiger partial charge in [0.2, 0.25) is 0 Å². The standard InChI is InChI=1S/C19H21N3O2/c1-12-6-7-14-13(2)21-16-11-18(24-22-8-4-5-9-22)17(23-3)10-15(16)19(14)20-12/h6-7,10-11H,4-5,8-9H2,1-3H3. The minimum atomic E-state index is 0.713. The number of nitrogens with zero attached hydrogens (tertiary/aromatic N) is 3. The van der Waals surface area contributed by atoms with E-state index in [1.807, 2.05) is 37.1 Å². The molecule has 1 fully saturated rings. The van der Waals surface area contributed by atoms with E-state index >= 15 is 0 Å². The summed E-state index contributed by atoms with van der Waals surface area (Å²) in [5, 5.41) is 4.05. The topological polar surface area (TPSA) is 47.5 Å². The molecule has 0 spiro atoms. The zero-order valence-corrected chi connectivity index (χ0v) is 14.3. The molecule has 5 nitrogen and oxygen atoms in total. The van der Waals surface area contributed by atoms with Crippen molar-refractivity contribution in [2.45, 2.75) is 26.7 Å². The minimum absolute atomic E-state index is 0.713. The van der Waals surface area contributed by atoms with Crippen LogP contribution in [0.3, 0.4) is 0 Å². The van der Waals surface area contributed by atoms with Crippen molar-refractivity contribution in [3.8, 4) is 11.5 Å². The highest BCUT2D eigenvalue weighted by Gasteiger charge is 2.18. The molecule has 1 saturated heterocycles. The number of aryl methyl sites for hydroxylation is 2. The second-order valence-corrected chi connectivity index (χ2v) is 6.29. The number of aromatic nitrogens is 2. The lowest BCUT2D eigenvalue weighted by atomic mass is 10.1. The molecule has 0 saturated carbocycles. The predicted octanol–water partition coefficient (Wildman–Crippen LogP) is 3.80. The molecule has 3 heterocycles. The van der Waals surface area contributed by atoms with Crippen LogP contribution >= 0.6 is 0 Å². The van der Waals surface area contributed by atoms with E-state index in [0.29, 0.717) is 11.5 Å². The SMILES string of the molecule is COc1cc2c(cc1ON1CCCC1)nc(C)c1ccc(C)nc12. The van der Waals surface area contributed by atoms with Crippen LogP contribution in [-0.4, -0.2) is 35.2 Å². The van der Waals surface area contributed by atoms with Crippen molar-refractivity contribution in [3.05, 3.63) is 35.7 Å². The number of hydroxylamine groups is 2. The number of rotatable bonds is 3. The van der Waals surface area contributed by atoms with Crippen LogP contribution in [-0.2, 0) is 0 Å². The van der Waals surface area contributed by atoms with Crippen molar-refractivity contribution in [2.24, 2.45) is 0 Å². The Balaban J connectivity index is 1.92. The van der Waals surface area contributed by atoms with Gasteiger partial charge in [-0.15, -0.1) is 5.06 Å². The first kappa shape index (κ1) is 15.1. The molecule has 24 heavy (non-hydrogen) atoms. The number of methoxy groups -OCH3 is 1. The maximum absolute atomic E-state index is 6.03. The van der Waals surface area contributed by atoms with Crippen LogP contribution in [0.25, 0.3) is 21.8 Å². The smallest absolute Gasteiger partial charge is 0.191 e. The van der Waals surface area contributed by atoms with Gasteiger partial charge >= 0.3 is 0 Å². The van der Waals surface area contributed by atoms with Crippen LogP contribution in [0.15, 0.2) is 24.3 Å².